The number of nitrogens with one attached hydrogen (secondary N) is 2. The van der Waals surface area contributed by atoms with Crippen LogP contribution in [0.1, 0.15) is 38.5 Å². The van der Waals surface area contributed by atoms with Crippen LogP contribution in [-0.2, 0) is 4.79 Å². The van der Waals surface area contributed by atoms with E-state index in [9.17, 15) is 4.79 Å². The van der Waals surface area contributed by atoms with Crippen molar-refractivity contribution in [3.8, 4) is 0 Å². The molecule has 0 spiro atoms. The highest BCUT2D eigenvalue weighted by molar-refractivity contribution is 5.79. The zero-order valence-electron chi connectivity index (χ0n) is 11.8. The van der Waals surface area contributed by atoms with Gasteiger partial charge in [-0.25, -0.2) is 0 Å². The first-order valence-corrected chi connectivity index (χ1v) is 7.30. The third kappa shape index (κ3) is 3.04. The van der Waals surface area contributed by atoms with E-state index in [1.165, 1.54) is 25.7 Å². The fourth-order valence-corrected chi connectivity index (χ4v) is 3.29. The van der Waals surface area contributed by atoms with Crippen LogP contribution in [0.3, 0.4) is 0 Å². The van der Waals surface area contributed by atoms with Gasteiger partial charge in [0.25, 0.3) is 0 Å². The molecule has 104 valence electrons. The Balaban J connectivity index is 1.83. The molecule has 18 heavy (non-hydrogen) atoms. The zero-order chi connectivity index (χ0) is 13.0. The van der Waals surface area contributed by atoms with Crippen LogP contribution in [-0.4, -0.2) is 50.1 Å². The van der Waals surface area contributed by atoms with Crippen molar-refractivity contribution in [3.63, 3.8) is 0 Å². The number of likely N-dealkylation sites (N-methyl/N-ethyl adjacent to an activating group) is 1. The lowest BCUT2D eigenvalue weighted by Crippen LogP contribution is -2.52. The maximum absolute atomic E-state index is 12.2. The Bertz CT molecular complexity index is 279. The quantitative estimate of drug-likeness (QED) is 0.785. The second-order valence-electron chi connectivity index (χ2n) is 6.09. The molecular weight excluding hydrogens is 226 g/mol. The van der Waals surface area contributed by atoms with Gasteiger partial charge >= 0.3 is 0 Å². The maximum Gasteiger partial charge on any atom is 0.224 e. The van der Waals surface area contributed by atoms with E-state index >= 15 is 0 Å². The summed E-state index contributed by atoms with van der Waals surface area (Å²) in [5, 5.41) is 6.50. The van der Waals surface area contributed by atoms with Crippen molar-refractivity contribution in [3.05, 3.63) is 0 Å². The molecule has 2 N–H and O–H groups in total. The van der Waals surface area contributed by atoms with Gasteiger partial charge in [0.05, 0.1) is 5.92 Å². The molecule has 2 rings (SSSR count). The third-order valence-electron chi connectivity index (χ3n) is 4.74. The number of rotatable bonds is 4. The van der Waals surface area contributed by atoms with Crippen molar-refractivity contribution in [2.75, 3.05) is 33.7 Å². The summed E-state index contributed by atoms with van der Waals surface area (Å²) >= 11 is 0. The molecule has 1 saturated carbocycles. The molecule has 4 heteroatoms. The lowest BCUT2D eigenvalue weighted by molar-refractivity contribution is -0.126. The van der Waals surface area contributed by atoms with E-state index < -0.39 is 0 Å². The van der Waals surface area contributed by atoms with Crippen LogP contribution in [0, 0.1) is 5.92 Å². The molecule has 0 unspecified atom stereocenters. The van der Waals surface area contributed by atoms with Crippen molar-refractivity contribution in [2.24, 2.45) is 5.92 Å². The average molecular weight is 253 g/mol. The van der Waals surface area contributed by atoms with Crippen LogP contribution < -0.4 is 10.6 Å². The molecule has 2 aliphatic rings. The Morgan fingerprint density at radius 3 is 2.61 bits per heavy atom. The smallest absolute Gasteiger partial charge is 0.224 e. The molecule has 4 nitrogen and oxygen atoms in total. The second kappa shape index (κ2) is 6.02. The number of hydrogen-bond acceptors (Lipinski definition) is 3. The van der Waals surface area contributed by atoms with Crippen LogP contribution in [0.15, 0.2) is 0 Å². The first-order chi connectivity index (χ1) is 8.64. The van der Waals surface area contributed by atoms with Crippen LogP contribution in [0.25, 0.3) is 0 Å². The van der Waals surface area contributed by atoms with Gasteiger partial charge in [0.1, 0.15) is 0 Å². The summed E-state index contributed by atoms with van der Waals surface area (Å²) in [4.78, 5) is 14.5. The predicted molar refractivity (Wildman–Crippen MR) is 73.5 cm³/mol. The van der Waals surface area contributed by atoms with Crippen molar-refractivity contribution < 1.29 is 4.79 Å². The number of amides is 1. The van der Waals surface area contributed by atoms with Gasteiger partial charge in [0.15, 0.2) is 0 Å². The summed E-state index contributed by atoms with van der Waals surface area (Å²) in [7, 11) is 4.28. The molecule has 0 bridgehead atoms. The molecule has 0 aromatic carbocycles. The van der Waals surface area contributed by atoms with E-state index in [0.29, 0.717) is 0 Å². The van der Waals surface area contributed by atoms with Gasteiger partial charge < -0.3 is 15.5 Å². The number of carbonyl (C=O) groups is 1. The molecule has 1 heterocycles. The van der Waals surface area contributed by atoms with E-state index in [1.54, 1.807) is 0 Å². The van der Waals surface area contributed by atoms with Crippen LogP contribution in [0.4, 0.5) is 0 Å². The number of nitrogens with zero attached hydrogens (tertiary/aromatic N) is 1. The summed E-state index contributed by atoms with van der Waals surface area (Å²) in [5.41, 5.74) is 0.206. The van der Waals surface area contributed by atoms with Gasteiger partial charge in [-0.15, -0.1) is 0 Å². The van der Waals surface area contributed by atoms with E-state index in [2.05, 4.69) is 29.6 Å². The third-order valence-corrected chi connectivity index (χ3v) is 4.74. The standard InChI is InChI=1S/C14H27N3O/c1-17(2)14(7-3-4-8-14)11-16-13(18)12-6-5-9-15-10-12/h12,15H,3-11H2,1-2H3,(H,16,18)/t12-/m0/s1. The fourth-order valence-electron chi connectivity index (χ4n) is 3.29. The van der Waals surface area contributed by atoms with Crippen molar-refractivity contribution in [2.45, 2.75) is 44.1 Å². The minimum Gasteiger partial charge on any atom is -0.354 e. The molecule has 0 radical (unpaired) electrons. The molecule has 1 aliphatic carbocycles. The Labute approximate surface area is 110 Å². The monoisotopic (exact) mass is 253 g/mol. The Hall–Kier alpha value is -0.610. The maximum atomic E-state index is 12.2. The predicted octanol–water partition coefficient (Wildman–Crippen LogP) is 0.977. The molecule has 2 fully saturated rings. The summed E-state index contributed by atoms with van der Waals surface area (Å²) in [6, 6.07) is 0. The lowest BCUT2D eigenvalue weighted by Gasteiger charge is -2.37. The highest BCUT2D eigenvalue weighted by Gasteiger charge is 2.36. The van der Waals surface area contributed by atoms with Crippen molar-refractivity contribution in [1.82, 2.24) is 15.5 Å². The number of piperidine rings is 1. The Morgan fingerprint density at radius 1 is 1.33 bits per heavy atom. The summed E-state index contributed by atoms with van der Waals surface area (Å²) in [5.74, 6) is 0.426. The van der Waals surface area contributed by atoms with Crippen LogP contribution >= 0.6 is 0 Å². The summed E-state index contributed by atoms with van der Waals surface area (Å²) < 4.78 is 0. The van der Waals surface area contributed by atoms with Crippen LogP contribution in [0.5, 0.6) is 0 Å². The van der Waals surface area contributed by atoms with Gasteiger partial charge in [-0.3, -0.25) is 4.79 Å². The topological polar surface area (TPSA) is 44.4 Å². The van der Waals surface area contributed by atoms with E-state index in [4.69, 9.17) is 0 Å². The molecule has 1 aliphatic heterocycles. The van der Waals surface area contributed by atoms with Crippen LogP contribution in [0.2, 0.25) is 0 Å². The minimum atomic E-state index is 0.180. The molecule has 1 atom stereocenters. The van der Waals surface area contributed by atoms with E-state index in [-0.39, 0.29) is 17.4 Å². The largest absolute Gasteiger partial charge is 0.354 e. The van der Waals surface area contributed by atoms with Crippen molar-refractivity contribution in [1.29, 1.82) is 0 Å². The van der Waals surface area contributed by atoms with Gasteiger partial charge in [-0.1, -0.05) is 12.8 Å². The normalized spacial score (nSPS) is 27.4. The Morgan fingerprint density at radius 2 is 2.06 bits per heavy atom. The zero-order valence-corrected chi connectivity index (χ0v) is 11.8. The van der Waals surface area contributed by atoms with Gasteiger partial charge in [-0.05, 0) is 46.3 Å². The molecule has 0 aromatic heterocycles. The number of hydrogen-bond donors (Lipinski definition) is 2. The fraction of sp³-hybridized carbons (Fsp3) is 0.929. The highest BCUT2D eigenvalue weighted by Crippen LogP contribution is 2.33. The molecule has 1 amide bonds. The second-order valence-corrected chi connectivity index (χ2v) is 6.09. The molecule has 1 saturated heterocycles. The van der Waals surface area contributed by atoms with Crippen molar-refractivity contribution >= 4 is 5.91 Å². The molecular formula is C14H27N3O. The highest BCUT2D eigenvalue weighted by atomic mass is 16.1. The summed E-state index contributed by atoms with van der Waals surface area (Å²) in [6.45, 7) is 2.72. The van der Waals surface area contributed by atoms with E-state index in [1.807, 2.05) is 0 Å². The average Bonchev–Trinajstić information content (AvgIpc) is 2.87. The SMILES string of the molecule is CN(C)C1(CNC(=O)[C@H]2CCCNC2)CCCC1. The van der Waals surface area contributed by atoms with Gasteiger partial charge in [0, 0.05) is 18.6 Å². The number of carbonyl (C=O) groups excluding carboxylic acids is 1. The molecule has 0 aromatic rings. The Kier molecular flexibility index (Phi) is 4.62. The van der Waals surface area contributed by atoms with Gasteiger partial charge in [0.2, 0.25) is 5.91 Å². The van der Waals surface area contributed by atoms with E-state index in [0.717, 1.165) is 32.5 Å². The first-order valence-electron chi connectivity index (χ1n) is 7.30. The van der Waals surface area contributed by atoms with Gasteiger partial charge in [-0.2, -0.15) is 0 Å². The summed E-state index contributed by atoms with van der Waals surface area (Å²) in [6.07, 6.45) is 7.16. The lowest BCUT2D eigenvalue weighted by atomic mass is 9.94. The first kappa shape index (κ1) is 13.8. The minimum absolute atomic E-state index is 0.180.